The Bertz CT molecular complexity index is 1120. The topological polar surface area (TPSA) is 86.9 Å². The number of anilines is 1. The number of hydrogen-bond donors (Lipinski definition) is 3. The van der Waals surface area contributed by atoms with Gasteiger partial charge in [0.15, 0.2) is 0 Å². The zero-order chi connectivity index (χ0) is 21.1. The number of carbonyl (C=O) groups excluding carboxylic acids is 2. The van der Waals surface area contributed by atoms with Gasteiger partial charge in [0.25, 0.3) is 5.91 Å². The Balaban J connectivity index is 1.57. The number of amides is 2. The third kappa shape index (κ3) is 4.15. The molecular formula is C23H21FN4O2. The van der Waals surface area contributed by atoms with Crippen LogP contribution in [0.15, 0.2) is 66.4 Å². The second-order valence-corrected chi connectivity index (χ2v) is 7.14. The van der Waals surface area contributed by atoms with Gasteiger partial charge in [-0.25, -0.2) is 4.39 Å². The number of aryl methyl sites for hydroxylation is 1. The summed E-state index contributed by atoms with van der Waals surface area (Å²) in [6.45, 7) is 2.04. The summed E-state index contributed by atoms with van der Waals surface area (Å²) >= 11 is 0. The SMILES string of the molecule is CCc1cc(-c2cccc(NC(=O)C3=CNC(=O)CC3c3ccc(F)cc3)c2)n[nH]1. The third-order valence-corrected chi connectivity index (χ3v) is 5.12. The molecule has 0 bridgehead atoms. The molecule has 2 heterocycles. The van der Waals surface area contributed by atoms with Crippen LogP contribution in [0.2, 0.25) is 0 Å². The van der Waals surface area contributed by atoms with Crippen LogP contribution in [0.5, 0.6) is 0 Å². The molecule has 0 fully saturated rings. The molecule has 1 aromatic heterocycles. The molecule has 6 nitrogen and oxygen atoms in total. The minimum Gasteiger partial charge on any atom is -0.332 e. The first-order valence-corrected chi connectivity index (χ1v) is 9.74. The first-order chi connectivity index (χ1) is 14.5. The van der Waals surface area contributed by atoms with Crippen molar-refractivity contribution in [2.24, 2.45) is 0 Å². The Morgan fingerprint density at radius 2 is 2.00 bits per heavy atom. The zero-order valence-electron chi connectivity index (χ0n) is 16.4. The molecule has 2 amide bonds. The van der Waals surface area contributed by atoms with Crippen LogP contribution in [0.3, 0.4) is 0 Å². The quantitative estimate of drug-likeness (QED) is 0.603. The summed E-state index contributed by atoms with van der Waals surface area (Å²) < 4.78 is 13.3. The Kier molecular flexibility index (Phi) is 5.43. The van der Waals surface area contributed by atoms with Gasteiger partial charge in [0.05, 0.1) is 5.69 Å². The molecule has 0 spiro atoms. The molecule has 30 heavy (non-hydrogen) atoms. The van der Waals surface area contributed by atoms with Gasteiger partial charge in [-0.05, 0) is 42.3 Å². The molecule has 3 aromatic rings. The van der Waals surface area contributed by atoms with E-state index in [1.165, 1.54) is 18.3 Å². The summed E-state index contributed by atoms with van der Waals surface area (Å²) in [5.41, 5.74) is 4.46. The van der Waals surface area contributed by atoms with Gasteiger partial charge in [0.2, 0.25) is 5.91 Å². The number of carbonyl (C=O) groups is 2. The lowest BCUT2D eigenvalue weighted by Gasteiger charge is -2.24. The van der Waals surface area contributed by atoms with Crippen LogP contribution in [-0.2, 0) is 16.0 Å². The fraction of sp³-hybridized carbons (Fsp3) is 0.174. The number of aromatic amines is 1. The minimum atomic E-state index is -0.444. The molecule has 7 heteroatoms. The molecule has 3 N–H and O–H groups in total. The molecular weight excluding hydrogens is 383 g/mol. The maximum Gasteiger partial charge on any atom is 0.253 e. The molecule has 152 valence electrons. The van der Waals surface area contributed by atoms with Crippen LogP contribution in [0.25, 0.3) is 11.3 Å². The molecule has 0 saturated carbocycles. The van der Waals surface area contributed by atoms with Crippen LogP contribution in [0.1, 0.15) is 30.5 Å². The van der Waals surface area contributed by atoms with Gasteiger partial charge in [0.1, 0.15) is 5.82 Å². The number of nitrogens with zero attached hydrogens (tertiary/aromatic N) is 1. The highest BCUT2D eigenvalue weighted by molar-refractivity contribution is 6.06. The van der Waals surface area contributed by atoms with Gasteiger partial charge in [-0.2, -0.15) is 5.10 Å². The first-order valence-electron chi connectivity index (χ1n) is 9.74. The van der Waals surface area contributed by atoms with Crippen LogP contribution >= 0.6 is 0 Å². The molecule has 1 aliphatic rings. The average Bonchev–Trinajstić information content (AvgIpc) is 3.24. The van der Waals surface area contributed by atoms with E-state index < -0.39 is 5.92 Å². The number of hydrogen-bond acceptors (Lipinski definition) is 3. The van der Waals surface area contributed by atoms with E-state index in [0.29, 0.717) is 16.8 Å². The van der Waals surface area contributed by atoms with E-state index in [1.807, 2.05) is 31.2 Å². The minimum absolute atomic E-state index is 0.123. The van der Waals surface area contributed by atoms with Crippen molar-refractivity contribution in [3.8, 4) is 11.3 Å². The van der Waals surface area contributed by atoms with E-state index in [9.17, 15) is 14.0 Å². The summed E-state index contributed by atoms with van der Waals surface area (Å²) in [7, 11) is 0. The lowest BCUT2D eigenvalue weighted by Crippen LogP contribution is -2.31. The molecule has 1 unspecified atom stereocenters. The second kappa shape index (κ2) is 8.32. The van der Waals surface area contributed by atoms with Gasteiger partial charge < -0.3 is 10.6 Å². The van der Waals surface area contributed by atoms with E-state index in [2.05, 4.69) is 20.8 Å². The predicted molar refractivity (Wildman–Crippen MR) is 112 cm³/mol. The van der Waals surface area contributed by atoms with Gasteiger partial charge in [0, 0.05) is 41.1 Å². The lowest BCUT2D eigenvalue weighted by atomic mass is 9.86. The van der Waals surface area contributed by atoms with Gasteiger partial charge >= 0.3 is 0 Å². The Morgan fingerprint density at radius 1 is 1.20 bits per heavy atom. The van der Waals surface area contributed by atoms with Gasteiger partial charge in [-0.15, -0.1) is 0 Å². The van der Waals surface area contributed by atoms with Crippen molar-refractivity contribution in [1.82, 2.24) is 15.5 Å². The summed E-state index contributed by atoms with van der Waals surface area (Å²) in [6.07, 6.45) is 2.41. The standard InChI is InChI=1S/C23H21FN4O2/c1-2-17-11-21(28-27-17)15-4-3-5-18(10-15)26-23(30)20-13-25-22(29)12-19(20)14-6-8-16(24)9-7-14/h3-11,13,19H,2,12H2,1H3,(H,25,29)(H,26,30)(H,27,28). The lowest BCUT2D eigenvalue weighted by molar-refractivity contribution is -0.121. The highest BCUT2D eigenvalue weighted by atomic mass is 19.1. The molecule has 0 radical (unpaired) electrons. The number of nitrogens with one attached hydrogen (secondary N) is 3. The summed E-state index contributed by atoms with van der Waals surface area (Å²) in [5.74, 6) is -1.32. The highest BCUT2D eigenvalue weighted by Gasteiger charge is 2.29. The average molecular weight is 404 g/mol. The number of halogens is 1. The molecule has 2 aromatic carbocycles. The molecule has 4 rings (SSSR count). The normalized spacial score (nSPS) is 16.0. The monoisotopic (exact) mass is 404 g/mol. The Hall–Kier alpha value is -3.74. The number of benzene rings is 2. The van der Waals surface area contributed by atoms with Crippen molar-refractivity contribution in [3.05, 3.63) is 83.4 Å². The van der Waals surface area contributed by atoms with Crippen molar-refractivity contribution in [1.29, 1.82) is 0 Å². The van der Waals surface area contributed by atoms with E-state index in [0.717, 1.165) is 23.4 Å². The van der Waals surface area contributed by atoms with E-state index in [1.54, 1.807) is 18.2 Å². The maximum absolute atomic E-state index is 13.3. The third-order valence-electron chi connectivity index (χ3n) is 5.12. The molecule has 1 aliphatic heterocycles. The number of aromatic nitrogens is 2. The summed E-state index contributed by atoms with van der Waals surface area (Å²) in [4.78, 5) is 24.9. The van der Waals surface area contributed by atoms with Crippen LogP contribution in [0.4, 0.5) is 10.1 Å². The molecule has 0 aliphatic carbocycles. The fourth-order valence-electron chi connectivity index (χ4n) is 3.48. The van der Waals surface area contributed by atoms with Crippen molar-refractivity contribution in [3.63, 3.8) is 0 Å². The van der Waals surface area contributed by atoms with Crippen LogP contribution in [0, 0.1) is 5.82 Å². The van der Waals surface area contributed by atoms with E-state index >= 15 is 0 Å². The maximum atomic E-state index is 13.3. The van der Waals surface area contributed by atoms with Crippen molar-refractivity contribution in [2.45, 2.75) is 25.7 Å². The van der Waals surface area contributed by atoms with E-state index in [-0.39, 0.29) is 24.1 Å². The summed E-state index contributed by atoms with van der Waals surface area (Å²) in [5, 5.41) is 12.8. The van der Waals surface area contributed by atoms with Gasteiger partial charge in [-0.3, -0.25) is 14.7 Å². The predicted octanol–water partition coefficient (Wildman–Crippen LogP) is 3.90. The largest absolute Gasteiger partial charge is 0.332 e. The fourth-order valence-corrected chi connectivity index (χ4v) is 3.48. The van der Waals surface area contributed by atoms with Crippen molar-refractivity contribution >= 4 is 17.5 Å². The summed E-state index contributed by atoms with van der Waals surface area (Å²) in [6, 6.07) is 15.3. The number of H-pyrrole nitrogens is 1. The Labute approximate surface area is 173 Å². The van der Waals surface area contributed by atoms with E-state index in [4.69, 9.17) is 0 Å². The Morgan fingerprint density at radius 3 is 2.73 bits per heavy atom. The highest BCUT2D eigenvalue weighted by Crippen LogP contribution is 2.31. The van der Waals surface area contributed by atoms with Crippen molar-refractivity contribution < 1.29 is 14.0 Å². The molecule has 1 atom stereocenters. The number of rotatable bonds is 5. The van der Waals surface area contributed by atoms with Crippen LogP contribution < -0.4 is 10.6 Å². The zero-order valence-corrected chi connectivity index (χ0v) is 16.4. The van der Waals surface area contributed by atoms with Crippen LogP contribution in [-0.4, -0.2) is 22.0 Å². The second-order valence-electron chi connectivity index (χ2n) is 7.14. The molecule has 0 saturated heterocycles. The van der Waals surface area contributed by atoms with Crippen molar-refractivity contribution in [2.75, 3.05) is 5.32 Å². The smallest absolute Gasteiger partial charge is 0.253 e. The first kappa shape index (κ1) is 19.6. The van der Waals surface area contributed by atoms with Gasteiger partial charge in [-0.1, -0.05) is 31.2 Å².